The van der Waals surface area contributed by atoms with Crippen LogP contribution in [0, 0.1) is 0 Å². The third-order valence-electron chi connectivity index (χ3n) is 25.3. The van der Waals surface area contributed by atoms with Gasteiger partial charge in [-0.15, -0.1) is 22.7 Å². The molecule has 23 aromatic rings. The molecule has 3 nitrogen and oxygen atoms in total. The lowest BCUT2D eigenvalue weighted by molar-refractivity contribution is 0.669. The van der Waals surface area contributed by atoms with E-state index in [0.717, 1.165) is 117 Å². The molecule has 5 heteroatoms. The van der Waals surface area contributed by atoms with Gasteiger partial charge in [0, 0.05) is 84.9 Å². The number of nitrogens with zero attached hydrogens (tertiary/aromatic N) is 2. The zero-order valence-electron chi connectivity index (χ0n) is 66.3. The lowest BCUT2D eigenvalue weighted by Crippen LogP contribution is -2.28. The maximum absolute atomic E-state index is 6.27. The monoisotopic (exact) mass is 1590 g/mol. The number of hydrogen-bond acceptors (Lipinski definition) is 5. The van der Waals surface area contributed by atoms with Crippen molar-refractivity contribution in [3.05, 3.63) is 471 Å². The van der Waals surface area contributed by atoms with Crippen molar-refractivity contribution in [1.29, 1.82) is 0 Å². The lowest BCUT2D eigenvalue weighted by atomic mass is 9.68. The van der Waals surface area contributed by atoms with Gasteiger partial charge in [-0.1, -0.05) is 322 Å². The fourth-order valence-electron chi connectivity index (χ4n) is 19.7. The summed E-state index contributed by atoms with van der Waals surface area (Å²) in [5.74, 6) is 0. The van der Waals surface area contributed by atoms with Crippen molar-refractivity contribution in [3.63, 3.8) is 0 Å². The smallest absolute Gasteiger partial charge is 0.135 e. The quantitative estimate of drug-likeness (QED) is 0.102. The number of benzene rings is 20. The third-order valence-corrected chi connectivity index (χ3v) is 27.6. The van der Waals surface area contributed by atoms with Gasteiger partial charge in [0.2, 0.25) is 0 Å². The maximum atomic E-state index is 6.27. The molecule has 20 aromatic carbocycles. The van der Waals surface area contributed by atoms with E-state index in [1.807, 2.05) is 34.8 Å². The molecular weight excluding hydrogens is 1510 g/mol. The van der Waals surface area contributed by atoms with Gasteiger partial charge >= 0.3 is 0 Å². The molecule has 122 heavy (non-hydrogen) atoms. The molecule has 0 fully saturated rings. The molecule has 0 bridgehead atoms. The number of rotatable bonds is 15. The molecule has 570 valence electrons. The van der Waals surface area contributed by atoms with E-state index in [0.29, 0.717) is 0 Å². The first-order valence-electron chi connectivity index (χ1n) is 41.8. The minimum absolute atomic E-state index is 0.596. The normalized spacial score (nSPS) is 12.3. The van der Waals surface area contributed by atoms with Gasteiger partial charge in [0.1, 0.15) is 11.2 Å². The van der Waals surface area contributed by atoms with Crippen LogP contribution in [0.25, 0.3) is 173 Å². The standard InChI is InChI=1S/C117H74N2OS2/c1-3-28-88(29-4-1)117(89-30-5-2-6-31-89)104-40-15-9-39-100(104)116-105(117)41-23-44-108(116)119(107-43-17-11-34-94(107)85-59-67-114-103(74-85)99-38-14-20-47-112(99)122-114)92-32-22-26-80(71-92)81-50-48-77-49-51-86(70-87(77)69-81)115-95-35-8-7-24-78(95)56-64-96(115)83-27-21-25-79(68-83)75-52-60-90(61-53-75)118(91-62-54-76(55-63-91)82-57-65-110-101(72-82)97-36-12-18-45-109(97)120-110)106-42-16-10-33-93(106)84-58-66-113-102(73-84)98-37-13-19-46-111(98)121-113/h1-74H. The first-order valence-corrected chi connectivity index (χ1v) is 43.4. The van der Waals surface area contributed by atoms with Crippen LogP contribution >= 0.6 is 22.7 Å². The second-order valence-electron chi connectivity index (χ2n) is 32.1. The summed E-state index contributed by atoms with van der Waals surface area (Å²) >= 11 is 3.71. The summed E-state index contributed by atoms with van der Waals surface area (Å²) in [5, 5.41) is 12.1. The predicted molar refractivity (Wildman–Crippen MR) is 519 cm³/mol. The highest BCUT2D eigenvalue weighted by Gasteiger charge is 2.47. The Hall–Kier alpha value is -15.2. The average Bonchev–Trinajstić information content (AvgIpc) is 1.52. The van der Waals surface area contributed by atoms with E-state index >= 15 is 0 Å². The SMILES string of the molecule is c1ccc(C2(c3ccccc3)c3ccccc3-c3c(N(c4cccc(-c5ccc6ccc(-c7c(-c8cccc(-c9ccc(N(c%10ccc(-c%11ccc%12oc%13ccccc%13c%12c%11)cc%10)c%10ccccc%10-c%10ccc%11sc%12ccccc%12c%11c%10)cc9)c8)ccc8ccccc78)cc6c5)c4)c4ccccc4-c4ccc5sc6ccccc6c5c4)cccc32)cc1. The fraction of sp³-hybridized carbons (Fsp3) is 0.00855. The van der Waals surface area contributed by atoms with Crippen LogP contribution in [0.2, 0.25) is 0 Å². The molecule has 1 aliphatic rings. The number of fused-ring (bicyclic) bond motifs is 14. The van der Waals surface area contributed by atoms with E-state index in [9.17, 15) is 0 Å². The molecule has 0 amide bonds. The summed E-state index contributed by atoms with van der Waals surface area (Å²) < 4.78 is 11.4. The first kappa shape index (κ1) is 70.9. The predicted octanol–water partition coefficient (Wildman–Crippen LogP) is 33.6. The number of para-hydroxylation sites is 3. The van der Waals surface area contributed by atoms with Crippen molar-refractivity contribution in [2.45, 2.75) is 5.41 Å². The van der Waals surface area contributed by atoms with Gasteiger partial charge in [0.25, 0.3) is 0 Å². The number of hydrogen-bond donors (Lipinski definition) is 0. The van der Waals surface area contributed by atoms with E-state index in [4.69, 9.17) is 4.42 Å². The molecular formula is C117H74N2OS2. The minimum Gasteiger partial charge on any atom is -0.456 e. The highest BCUT2D eigenvalue weighted by molar-refractivity contribution is 7.26. The topological polar surface area (TPSA) is 19.6 Å². The van der Waals surface area contributed by atoms with Gasteiger partial charge in [-0.3, -0.25) is 0 Å². The second kappa shape index (κ2) is 29.1. The summed E-state index contributed by atoms with van der Waals surface area (Å²) in [6, 6.07) is 167. The Morgan fingerprint density at radius 2 is 0.639 bits per heavy atom. The van der Waals surface area contributed by atoms with Crippen molar-refractivity contribution in [2.24, 2.45) is 0 Å². The van der Waals surface area contributed by atoms with Crippen molar-refractivity contribution < 1.29 is 4.42 Å². The van der Waals surface area contributed by atoms with E-state index in [1.165, 1.54) is 112 Å². The third kappa shape index (κ3) is 11.8. The molecule has 3 heterocycles. The number of anilines is 6. The number of thiophene rings is 2. The van der Waals surface area contributed by atoms with Crippen LogP contribution in [-0.2, 0) is 5.41 Å². The molecule has 24 rings (SSSR count). The molecule has 0 unspecified atom stereocenters. The lowest BCUT2D eigenvalue weighted by Gasteiger charge is -2.34. The molecule has 0 radical (unpaired) electrons. The highest BCUT2D eigenvalue weighted by Crippen LogP contribution is 2.61. The largest absolute Gasteiger partial charge is 0.456 e. The first-order chi connectivity index (χ1) is 60.4. The molecule has 0 saturated heterocycles. The number of furan rings is 1. The molecule has 0 spiro atoms. The Bertz CT molecular complexity index is 8050. The van der Waals surface area contributed by atoms with E-state index in [2.05, 4.69) is 447 Å². The van der Waals surface area contributed by atoms with Gasteiger partial charge in [0.15, 0.2) is 0 Å². The summed E-state index contributed by atoms with van der Waals surface area (Å²) in [7, 11) is 0. The van der Waals surface area contributed by atoms with Crippen molar-refractivity contribution >= 4 is 141 Å². The van der Waals surface area contributed by atoms with Gasteiger partial charge in [-0.2, -0.15) is 0 Å². The zero-order chi connectivity index (χ0) is 80.4. The molecule has 0 atom stereocenters. The molecule has 1 aliphatic carbocycles. The maximum Gasteiger partial charge on any atom is 0.135 e. The minimum atomic E-state index is -0.596. The Kier molecular flexibility index (Phi) is 16.9. The zero-order valence-corrected chi connectivity index (χ0v) is 68.0. The molecule has 0 aliphatic heterocycles. The van der Waals surface area contributed by atoms with E-state index in [-0.39, 0.29) is 0 Å². The van der Waals surface area contributed by atoms with Crippen molar-refractivity contribution in [1.82, 2.24) is 0 Å². The van der Waals surface area contributed by atoms with Crippen LogP contribution in [0.4, 0.5) is 34.1 Å². The van der Waals surface area contributed by atoms with Crippen molar-refractivity contribution in [2.75, 3.05) is 9.80 Å². The summed E-state index contributed by atoms with van der Waals surface area (Å²) in [6.07, 6.45) is 0. The van der Waals surface area contributed by atoms with Crippen LogP contribution in [0.15, 0.2) is 453 Å². The van der Waals surface area contributed by atoms with Crippen LogP contribution in [0.1, 0.15) is 22.3 Å². The summed E-state index contributed by atoms with van der Waals surface area (Å²) in [4.78, 5) is 4.98. The molecule has 0 N–H and O–H groups in total. The highest BCUT2D eigenvalue weighted by atomic mass is 32.1. The van der Waals surface area contributed by atoms with Crippen LogP contribution in [-0.4, -0.2) is 0 Å². The Morgan fingerprint density at radius 1 is 0.197 bits per heavy atom. The Morgan fingerprint density at radius 3 is 1.32 bits per heavy atom. The van der Waals surface area contributed by atoms with E-state index < -0.39 is 5.41 Å². The van der Waals surface area contributed by atoms with Crippen molar-refractivity contribution in [3.8, 4) is 89.0 Å². The average molecular weight is 1590 g/mol. The van der Waals surface area contributed by atoms with Gasteiger partial charge < -0.3 is 14.2 Å². The van der Waals surface area contributed by atoms with Crippen LogP contribution in [0.3, 0.4) is 0 Å². The summed E-state index contributed by atoms with van der Waals surface area (Å²) in [5.41, 5.74) is 31.2. The fourth-order valence-corrected chi connectivity index (χ4v) is 21.9. The summed E-state index contributed by atoms with van der Waals surface area (Å²) in [6.45, 7) is 0. The van der Waals surface area contributed by atoms with E-state index in [1.54, 1.807) is 0 Å². The second-order valence-corrected chi connectivity index (χ2v) is 34.2. The van der Waals surface area contributed by atoms with Crippen LogP contribution in [0.5, 0.6) is 0 Å². The Balaban J connectivity index is 0.603. The van der Waals surface area contributed by atoms with Crippen LogP contribution < -0.4 is 9.80 Å². The Labute approximate surface area is 715 Å². The van der Waals surface area contributed by atoms with Gasteiger partial charge in [-0.25, -0.2) is 0 Å². The van der Waals surface area contributed by atoms with Gasteiger partial charge in [-0.05, 0) is 244 Å². The molecule has 3 aromatic heterocycles. The van der Waals surface area contributed by atoms with Gasteiger partial charge in [0.05, 0.1) is 22.5 Å². The molecule has 0 saturated carbocycles.